The number of primary amides is 1. The predicted octanol–water partition coefficient (Wildman–Crippen LogP) is 3.44. The third-order valence-corrected chi connectivity index (χ3v) is 5.07. The Labute approximate surface area is 166 Å². The maximum atomic E-state index is 12.7. The van der Waals surface area contributed by atoms with E-state index in [2.05, 4.69) is 5.32 Å². The Bertz CT molecular complexity index is 1110. The lowest BCUT2D eigenvalue weighted by molar-refractivity contribution is -0.120. The van der Waals surface area contributed by atoms with Crippen molar-refractivity contribution in [1.29, 1.82) is 0 Å². The average Bonchev–Trinajstić information content (AvgIpc) is 2.68. The number of nitrogens with one attached hydrogen (secondary N) is 1. The van der Waals surface area contributed by atoms with Crippen LogP contribution in [0.5, 0.6) is 0 Å². The van der Waals surface area contributed by atoms with Crippen LogP contribution in [0.2, 0.25) is 5.02 Å². The van der Waals surface area contributed by atoms with Crippen molar-refractivity contribution >= 4 is 39.9 Å². The lowest BCUT2D eigenvalue weighted by Gasteiger charge is -2.16. The molecule has 2 atom stereocenters. The van der Waals surface area contributed by atoms with Crippen LogP contribution in [0, 0.1) is 0 Å². The predicted molar refractivity (Wildman–Crippen MR) is 111 cm³/mol. The SMILES string of the molecule is C[C@@H](C(=O)Nc1cccc2c(=O)n([C@@H](C)C(N)=O)ccc12)c1ccc(Cl)cc1. The van der Waals surface area contributed by atoms with Crippen LogP contribution in [0.25, 0.3) is 10.8 Å². The molecule has 3 aromatic rings. The third kappa shape index (κ3) is 3.77. The summed E-state index contributed by atoms with van der Waals surface area (Å²) < 4.78 is 1.28. The van der Waals surface area contributed by atoms with Gasteiger partial charge in [0, 0.05) is 27.7 Å². The molecule has 1 heterocycles. The first kappa shape index (κ1) is 19.6. The lowest BCUT2D eigenvalue weighted by atomic mass is 10.00. The van der Waals surface area contributed by atoms with Crippen LogP contribution < -0.4 is 16.6 Å². The maximum Gasteiger partial charge on any atom is 0.259 e. The van der Waals surface area contributed by atoms with Gasteiger partial charge in [-0.05, 0) is 49.7 Å². The van der Waals surface area contributed by atoms with Gasteiger partial charge in [0.05, 0.1) is 5.92 Å². The molecular weight excluding hydrogens is 378 g/mol. The molecule has 3 rings (SSSR count). The van der Waals surface area contributed by atoms with Crippen LogP contribution in [0.3, 0.4) is 0 Å². The van der Waals surface area contributed by atoms with Gasteiger partial charge in [0.15, 0.2) is 0 Å². The molecule has 6 nitrogen and oxygen atoms in total. The molecule has 0 spiro atoms. The Morgan fingerprint density at radius 3 is 2.36 bits per heavy atom. The van der Waals surface area contributed by atoms with Crippen LogP contribution in [-0.4, -0.2) is 16.4 Å². The summed E-state index contributed by atoms with van der Waals surface area (Å²) in [6.07, 6.45) is 1.51. The molecule has 0 unspecified atom stereocenters. The zero-order valence-electron chi connectivity index (χ0n) is 15.5. The highest BCUT2D eigenvalue weighted by Gasteiger charge is 2.18. The first-order valence-electron chi connectivity index (χ1n) is 8.79. The van der Waals surface area contributed by atoms with E-state index in [-0.39, 0.29) is 11.5 Å². The summed E-state index contributed by atoms with van der Waals surface area (Å²) in [6, 6.07) is 13.1. The number of halogens is 1. The zero-order chi connectivity index (χ0) is 20.4. The Morgan fingerprint density at radius 2 is 1.71 bits per heavy atom. The number of amides is 2. The summed E-state index contributed by atoms with van der Waals surface area (Å²) in [5.74, 6) is -1.20. The Hall–Kier alpha value is -3.12. The van der Waals surface area contributed by atoms with Gasteiger partial charge in [0.2, 0.25) is 11.8 Å². The molecule has 0 fully saturated rings. The Morgan fingerprint density at radius 1 is 1.04 bits per heavy atom. The van der Waals surface area contributed by atoms with Gasteiger partial charge >= 0.3 is 0 Å². The van der Waals surface area contributed by atoms with Crippen LogP contribution in [0.15, 0.2) is 59.5 Å². The standard InChI is InChI=1S/C21H20ClN3O3/c1-12(14-6-8-15(22)9-7-14)20(27)24-18-5-3-4-17-16(18)10-11-25(21(17)28)13(2)19(23)26/h3-13H,1-2H3,(H2,23,26)(H,24,27)/t12-,13+/m1/s1. The quantitative estimate of drug-likeness (QED) is 0.690. The molecule has 3 N–H and O–H groups in total. The summed E-state index contributed by atoms with van der Waals surface area (Å²) in [4.78, 5) is 36.9. The maximum absolute atomic E-state index is 12.7. The molecule has 2 amide bonds. The van der Waals surface area contributed by atoms with Gasteiger partial charge in [0.25, 0.3) is 5.56 Å². The largest absolute Gasteiger partial charge is 0.368 e. The summed E-state index contributed by atoms with van der Waals surface area (Å²) in [5.41, 5.74) is 6.33. The van der Waals surface area contributed by atoms with Crippen LogP contribution in [0.4, 0.5) is 5.69 Å². The number of nitrogens with zero attached hydrogens (tertiary/aromatic N) is 1. The molecule has 0 saturated carbocycles. The minimum absolute atomic E-state index is 0.204. The number of fused-ring (bicyclic) bond motifs is 1. The summed E-state index contributed by atoms with van der Waals surface area (Å²) in [5, 5.41) is 4.48. The van der Waals surface area contributed by atoms with E-state index >= 15 is 0 Å². The van der Waals surface area contributed by atoms with Gasteiger partial charge in [-0.2, -0.15) is 0 Å². The van der Waals surface area contributed by atoms with Crippen molar-refractivity contribution in [2.75, 3.05) is 5.32 Å². The number of pyridine rings is 1. The van der Waals surface area contributed by atoms with Gasteiger partial charge in [-0.25, -0.2) is 0 Å². The Balaban J connectivity index is 1.94. The van der Waals surface area contributed by atoms with E-state index in [0.29, 0.717) is 21.5 Å². The summed E-state index contributed by atoms with van der Waals surface area (Å²) in [7, 11) is 0. The highest BCUT2D eigenvalue weighted by Crippen LogP contribution is 2.24. The number of carbonyl (C=O) groups is 2. The van der Waals surface area contributed by atoms with Crippen molar-refractivity contribution < 1.29 is 9.59 Å². The molecule has 0 aliphatic carbocycles. The van der Waals surface area contributed by atoms with Crippen molar-refractivity contribution in [3.8, 4) is 0 Å². The van der Waals surface area contributed by atoms with E-state index in [9.17, 15) is 14.4 Å². The minimum atomic E-state index is -0.764. The number of carbonyl (C=O) groups excluding carboxylic acids is 2. The van der Waals surface area contributed by atoms with E-state index in [4.69, 9.17) is 17.3 Å². The monoisotopic (exact) mass is 397 g/mol. The molecule has 0 radical (unpaired) electrons. The van der Waals surface area contributed by atoms with Gasteiger partial charge in [-0.3, -0.25) is 14.4 Å². The highest BCUT2D eigenvalue weighted by atomic mass is 35.5. The minimum Gasteiger partial charge on any atom is -0.368 e. The number of hydrogen-bond donors (Lipinski definition) is 2. The molecule has 144 valence electrons. The van der Waals surface area contributed by atoms with E-state index < -0.39 is 17.9 Å². The number of aromatic nitrogens is 1. The van der Waals surface area contributed by atoms with Gasteiger partial charge in [-0.1, -0.05) is 29.8 Å². The molecule has 7 heteroatoms. The second kappa shape index (κ2) is 7.86. The first-order valence-corrected chi connectivity index (χ1v) is 9.17. The second-order valence-corrected chi connectivity index (χ2v) is 7.07. The molecule has 2 aromatic carbocycles. The topological polar surface area (TPSA) is 94.2 Å². The fourth-order valence-corrected chi connectivity index (χ4v) is 3.11. The van der Waals surface area contributed by atoms with Crippen molar-refractivity contribution in [3.63, 3.8) is 0 Å². The van der Waals surface area contributed by atoms with Crippen LogP contribution in [0.1, 0.15) is 31.4 Å². The number of hydrogen-bond acceptors (Lipinski definition) is 3. The molecular formula is C21H20ClN3O3. The van der Waals surface area contributed by atoms with Gasteiger partial charge in [-0.15, -0.1) is 0 Å². The fourth-order valence-electron chi connectivity index (χ4n) is 2.99. The van der Waals surface area contributed by atoms with E-state index in [0.717, 1.165) is 5.56 Å². The van der Waals surface area contributed by atoms with Crippen molar-refractivity contribution in [1.82, 2.24) is 4.57 Å². The van der Waals surface area contributed by atoms with E-state index in [1.807, 2.05) is 0 Å². The van der Waals surface area contributed by atoms with Crippen molar-refractivity contribution in [3.05, 3.63) is 75.7 Å². The van der Waals surface area contributed by atoms with Gasteiger partial charge in [0.1, 0.15) is 6.04 Å². The number of benzene rings is 2. The van der Waals surface area contributed by atoms with Crippen molar-refractivity contribution in [2.45, 2.75) is 25.8 Å². The molecule has 0 saturated heterocycles. The number of rotatable bonds is 5. The highest BCUT2D eigenvalue weighted by molar-refractivity contribution is 6.30. The fraction of sp³-hybridized carbons (Fsp3) is 0.190. The molecule has 1 aromatic heterocycles. The zero-order valence-corrected chi connectivity index (χ0v) is 16.2. The second-order valence-electron chi connectivity index (χ2n) is 6.64. The summed E-state index contributed by atoms with van der Waals surface area (Å²) in [6.45, 7) is 3.36. The van der Waals surface area contributed by atoms with E-state index in [1.165, 1.54) is 10.8 Å². The van der Waals surface area contributed by atoms with E-state index in [1.54, 1.807) is 62.4 Å². The molecule has 0 aliphatic rings. The smallest absolute Gasteiger partial charge is 0.259 e. The average molecular weight is 398 g/mol. The summed E-state index contributed by atoms with van der Waals surface area (Å²) >= 11 is 5.90. The van der Waals surface area contributed by atoms with Crippen LogP contribution >= 0.6 is 11.6 Å². The third-order valence-electron chi connectivity index (χ3n) is 4.82. The normalized spacial score (nSPS) is 13.1. The molecule has 28 heavy (non-hydrogen) atoms. The first-order chi connectivity index (χ1) is 13.3. The molecule has 0 bridgehead atoms. The number of anilines is 1. The Kier molecular flexibility index (Phi) is 5.51. The number of nitrogens with two attached hydrogens (primary N) is 1. The van der Waals surface area contributed by atoms with Crippen LogP contribution in [-0.2, 0) is 9.59 Å². The lowest BCUT2D eigenvalue weighted by Crippen LogP contribution is -2.31. The molecule has 0 aliphatic heterocycles. The van der Waals surface area contributed by atoms with Crippen molar-refractivity contribution in [2.24, 2.45) is 5.73 Å². The van der Waals surface area contributed by atoms with Gasteiger partial charge < -0.3 is 15.6 Å².